The van der Waals surface area contributed by atoms with Crippen LogP contribution in [0.5, 0.6) is 0 Å². The molecule has 0 aliphatic heterocycles. The number of carbonyl (C=O) groups excluding carboxylic acids is 2. The fraction of sp³-hybridized carbons (Fsp3) is 0.364. The van der Waals surface area contributed by atoms with E-state index in [4.69, 9.17) is 16.6 Å². The molecule has 2 aromatic rings. The number of hydroxylamine groups is 1. The van der Waals surface area contributed by atoms with Crippen LogP contribution in [0.1, 0.15) is 42.4 Å². The lowest BCUT2D eigenvalue weighted by Crippen LogP contribution is -2.40. The van der Waals surface area contributed by atoms with Crippen molar-refractivity contribution in [2.24, 2.45) is 0 Å². The Hall–Kier alpha value is -2.37. The van der Waals surface area contributed by atoms with E-state index in [1.807, 2.05) is 30.3 Å². The van der Waals surface area contributed by atoms with Gasteiger partial charge in [-0.05, 0) is 67.0 Å². The zero-order valence-electron chi connectivity index (χ0n) is 15.7. The van der Waals surface area contributed by atoms with Gasteiger partial charge in [-0.3, -0.25) is 4.79 Å². The van der Waals surface area contributed by atoms with E-state index in [2.05, 4.69) is 34.6 Å². The second-order valence-corrected chi connectivity index (χ2v) is 7.47. The van der Waals surface area contributed by atoms with Crippen LogP contribution < -0.4 is 10.3 Å². The fourth-order valence-electron chi connectivity index (χ4n) is 3.01. The number of hydrogen-bond donors (Lipinski definition) is 2. The van der Waals surface area contributed by atoms with Crippen LogP contribution >= 0.6 is 11.8 Å². The van der Waals surface area contributed by atoms with Gasteiger partial charge in [0.2, 0.25) is 0 Å². The van der Waals surface area contributed by atoms with Crippen LogP contribution in [0.25, 0.3) is 0 Å². The second-order valence-electron chi connectivity index (χ2n) is 7.28. The minimum Gasteiger partial charge on any atom is -0.339 e. The van der Waals surface area contributed by atoms with Crippen molar-refractivity contribution in [2.45, 2.75) is 50.5 Å². The maximum Gasteiger partial charge on any atom is 0.353 e. The van der Waals surface area contributed by atoms with Gasteiger partial charge in [-0.15, -0.1) is 0 Å². The van der Waals surface area contributed by atoms with E-state index >= 15 is 0 Å². The maximum absolute atomic E-state index is 11.9. The summed E-state index contributed by atoms with van der Waals surface area (Å²) in [5, 5.41) is 0. The van der Waals surface area contributed by atoms with Gasteiger partial charge in [0.05, 0.1) is 6.42 Å². The van der Waals surface area contributed by atoms with Gasteiger partial charge in [0.1, 0.15) is 5.54 Å². The highest BCUT2D eigenvalue weighted by Gasteiger charge is 2.51. The number of halogens is 1. The zero-order chi connectivity index (χ0) is 19.8. The Bertz CT molecular complexity index is 789. The van der Waals surface area contributed by atoms with E-state index in [1.54, 1.807) is 0 Å². The summed E-state index contributed by atoms with van der Waals surface area (Å²) in [5.41, 5.74) is 4.86. The predicted octanol–water partition coefficient (Wildman–Crippen LogP) is 3.64. The maximum atomic E-state index is 11.9. The van der Waals surface area contributed by atoms with Crippen molar-refractivity contribution in [3.8, 4) is 0 Å². The molecule has 0 aromatic heterocycles. The average Bonchev–Trinajstić information content (AvgIpc) is 3.53. The highest BCUT2D eigenvalue weighted by atomic mass is 35.5. The molecular weight excluding hydrogens is 376 g/mol. The number of amides is 1. The van der Waals surface area contributed by atoms with Crippen LogP contribution in [0.15, 0.2) is 54.6 Å². The standard InChI is InChI=1S/C22H25ClN2O3/c23-25-22(14-15-22)21(27)28-24-20(26)16-19-12-10-18(11-13-19)9-5-4-8-17-6-2-1-3-7-17/h1-3,6-7,10-13,25H,4-5,8-9,14-16H2,(H,24,26). The highest BCUT2D eigenvalue weighted by Crippen LogP contribution is 2.36. The summed E-state index contributed by atoms with van der Waals surface area (Å²) in [6, 6.07) is 18.5. The van der Waals surface area contributed by atoms with Gasteiger partial charge in [0, 0.05) is 0 Å². The summed E-state index contributed by atoms with van der Waals surface area (Å²) in [7, 11) is 0. The van der Waals surface area contributed by atoms with Gasteiger partial charge in [-0.1, -0.05) is 54.6 Å². The first kappa shape index (κ1) is 20.4. The zero-order valence-corrected chi connectivity index (χ0v) is 16.5. The van der Waals surface area contributed by atoms with Crippen molar-refractivity contribution in [3.63, 3.8) is 0 Å². The minimum absolute atomic E-state index is 0.156. The molecule has 0 saturated heterocycles. The largest absolute Gasteiger partial charge is 0.353 e. The summed E-state index contributed by atoms with van der Waals surface area (Å²) >= 11 is 5.52. The summed E-state index contributed by atoms with van der Waals surface area (Å²) in [6.45, 7) is 0. The van der Waals surface area contributed by atoms with Crippen molar-refractivity contribution < 1.29 is 14.4 Å². The molecule has 6 heteroatoms. The van der Waals surface area contributed by atoms with E-state index in [1.165, 1.54) is 11.1 Å². The molecule has 0 heterocycles. The molecule has 2 N–H and O–H groups in total. The van der Waals surface area contributed by atoms with Crippen LogP contribution in [0.4, 0.5) is 0 Å². The van der Waals surface area contributed by atoms with Gasteiger partial charge in [0.25, 0.3) is 5.91 Å². The quantitative estimate of drug-likeness (QED) is 0.383. The molecule has 3 rings (SSSR count). The van der Waals surface area contributed by atoms with Gasteiger partial charge < -0.3 is 4.84 Å². The lowest BCUT2D eigenvalue weighted by molar-refractivity contribution is -0.160. The third-order valence-corrected chi connectivity index (χ3v) is 5.35. The summed E-state index contributed by atoms with van der Waals surface area (Å²) in [6.07, 6.45) is 5.76. The van der Waals surface area contributed by atoms with E-state index in [-0.39, 0.29) is 12.3 Å². The van der Waals surface area contributed by atoms with Crippen molar-refractivity contribution in [3.05, 3.63) is 71.3 Å². The Balaban J connectivity index is 1.35. The molecule has 1 amide bonds. The number of rotatable bonds is 9. The van der Waals surface area contributed by atoms with Crippen molar-refractivity contribution in [2.75, 3.05) is 0 Å². The summed E-state index contributed by atoms with van der Waals surface area (Å²) in [4.78, 5) is 31.0. The van der Waals surface area contributed by atoms with Crippen LogP contribution in [-0.4, -0.2) is 17.4 Å². The Morgan fingerprint density at radius 3 is 2.04 bits per heavy atom. The Labute approximate surface area is 170 Å². The molecule has 28 heavy (non-hydrogen) atoms. The van der Waals surface area contributed by atoms with Crippen molar-refractivity contribution in [1.82, 2.24) is 10.3 Å². The third-order valence-electron chi connectivity index (χ3n) is 4.99. The number of carbonyl (C=O) groups is 2. The number of aryl methyl sites for hydroxylation is 2. The molecule has 0 bridgehead atoms. The molecule has 1 fully saturated rings. The number of nitrogens with one attached hydrogen (secondary N) is 2. The molecular formula is C22H25ClN2O3. The normalized spacial score (nSPS) is 14.3. The molecule has 0 unspecified atom stereocenters. The Kier molecular flexibility index (Phi) is 7.06. The van der Waals surface area contributed by atoms with Crippen molar-refractivity contribution >= 4 is 23.7 Å². The fourth-order valence-corrected chi connectivity index (χ4v) is 3.28. The number of benzene rings is 2. The topological polar surface area (TPSA) is 67.4 Å². The Morgan fingerprint density at radius 2 is 1.46 bits per heavy atom. The molecule has 148 valence electrons. The molecule has 5 nitrogen and oxygen atoms in total. The van der Waals surface area contributed by atoms with Crippen molar-refractivity contribution in [1.29, 1.82) is 0 Å². The van der Waals surface area contributed by atoms with Crippen LogP contribution in [0, 0.1) is 0 Å². The SMILES string of the molecule is O=C(Cc1ccc(CCCCc2ccccc2)cc1)NOC(=O)C1(NCl)CC1. The van der Waals surface area contributed by atoms with Crippen LogP contribution in [-0.2, 0) is 33.7 Å². The van der Waals surface area contributed by atoms with E-state index in [0.717, 1.165) is 31.2 Å². The molecule has 1 saturated carbocycles. The third kappa shape index (κ3) is 5.81. The van der Waals surface area contributed by atoms with Crippen LogP contribution in [0.2, 0.25) is 0 Å². The molecule has 0 atom stereocenters. The highest BCUT2D eigenvalue weighted by molar-refractivity contribution is 6.16. The summed E-state index contributed by atoms with van der Waals surface area (Å²) in [5.74, 6) is -0.920. The van der Waals surface area contributed by atoms with Gasteiger partial charge >= 0.3 is 5.97 Å². The van der Waals surface area contributed by atoms with Gasteiger partial charge in [-0.25, -0.2) is 9.63 Å². The minimum atomic E-state index is -0.836. The summed E-state index contributed by atoms with van der Waals surface area (Å²) < 4.78 is 0. The number of unbranched alkanes of at least 4 members (excludes halogenated alkanes) is 1. The molecule has 2 aromatic carbocycles. The number of hydrogen-bond acceptors (Lipinski definition) is 4. The van der Waals surface area contributed by atoms with Crippen LogP contribution in [0.3, 0.4) is 0 Å². The Morgan fingerprint density at radius 1 is 0.893 bits per heavy atom. The van der Waals surface area contributed by atoms with E-state index in [9.17, 15) is 9.59 Å². The lowest BCUT2D eigenvalue weighted by Gasteiger charge is -2.11. The molecule has 1 aliphatic carbocycles. The van der Waals surface area contributed by atoms with Gasteiger partial charge in [-0.2, -0.15) is 5.48 Å². The van der Waals surface area contributed by atoms with Gasteiger partial charge in [0.15, 0.2) is 0 Å². The first-order valence-electron chi connectivity index (χ1n) is 9.61. The first-order chi connectivity index (χ1) is 13.6. The second kappa shape index (κ2) is 9.71. The predicted molar refractivity (Wildman–Crippen MR) is 108 cm³/mol. The molecule has 1 aliphatic rings. The van der Waals surface area contributed by atoms with E-state index in [0.29, 0.717) is 12.8 Å². The monoisotopic (exact) mass is 400 g/mol. The lowest BCUT2D eigenvalue weighted by atomic mass is 10.0. The van der Waals surface area contributed by atoms with E-state index < -0.39 is 11.5 Å². The molecule has 0 radical (unpaired) electrons. The molecule has 0 spiro atoms. The first-order valence-corrected chi connectivity index (χ1v) is 9.99. The average molecular weight is 401 g/mol. The smallest absolute Gasteiger partial charge is 0.339 e.